The molecule has 1 fully saturated rings. The van der Waals surface area contributed by atoms with Crippen molar-refractivity contribution >= 4 is 0 Å². The van der Waals surface area contributed by atoms with Gasteiger partial charge < -0.3 is 9.84 Å². The summed E-state index contributed by atoms with van der Waals surface area (Å²) in [5, 5.41) is 13.8. The first kappa shape index (κ1) is 19.0. The van der Waals surface area contributed by atoms with Crippen LogP contribution in [0, 0.1) is 0 Å². The molecule has 0 saturated heterocycles. The first-order valence-electron chi connectivity index (χ1n) is 7.16. The summed E-state index contributed by atoms with van der Waals surface area (Å²) < 4.78 is 89.7. The summed E-state index contributed by atoms with van der Waals surface area (Å²) in [7, 11) is 0. The average Bonchev–Trinajstić information content (AvgIpc) is 3.09. The number of H-pyrrole nitrogens is 1. The van der Waals surface area contributed by atoms with Crippen molar-refractivity contribution < 1.29 is 40.6 Å². The molecule has 1 unspecified atom stereocenters. The zero-order valence-electron chi connectivity index (χ0n) is 12.2. The maximum Gasteiger partial charge on any atom is 0.435 e. The van der Waals surface area contributed by atoms with E-state index in [1.54, 1.807) is 0 Å². The number of aromatic nitrogens is 2. The summed E-state index contributed by atoms with van der Waals surface area (Å²) in [5.41, 5.74) is -2.67. The van der Waals surface area contributed by atoms with E-state index in [2.05, 4.69) is 9.84 Å². The van der Waals surface area contributed by atoms with Gasteiger partial charge in [-0.25, -0.2) is 8.78 Å². The SMILES string of the molecule is FC(F)OC1CCCC1.OC1c2c(C(F)(F)F)n[nH]c2CC1(F)F. The number of hydrogen-bond acceptors (Lipinski definition) is 3. The van der Waals surface area contributed by atoms with Crippen LogP contribution >= 0.6 is 0 Å². The van der Waals surface area contributed by atoms with Crippen molar-refractivity contribution in [1.29, 1.82) is 0 Å². The van der Waals surface area contributed by atoms with Crippen LogP contribution in [0.3, 0.4) is 0 Å². The monoisotopic (exact) mass is 364 g/mol. The molecule has 4 nitrogen and oxygen atoms in total. The number of aromatic amines is 1. The van der Waals surface area contributed by atoms with Crippen LogP contribution in [0.25, 0.3) is 0 Å². The number of hydrogen-bond donors (Lipinski definition) is 2. The molecule has 3 rings (SSSR count). The van der Waals surface area contributed by atoms with Crippen LogP contribution in [-0.2, 0) is 17.3 Å². The van der Waals surface area contributed by atoms with E-state index in [1.165, 1.54) is 0 Å². The van der Waals surface area contributed by atoms with Crippen LogP contribution in [0.5, 0.6) is 0 Å². The maximum atomic E-state index is 12.9. The molecule has 138 valence electrons. The minimum absolute atomic E-state index is 0.162. The third kappa shape index (κ3) is 4.18. The van der Waals surface area contributed by atoms with Crippen molar-refractivity contribution in [3.63, 3.8) is 0 Å². The van der Waals surface area contributed by atoms with Crippen LogP contribution in [-0.4, -0.2) is 33.9 Å². The molecule has 1 saturated carbocycles. The Labute approximate surface area is 132 Å². The fraction of sp³-hybridized carbons (Fsp3) is 0.769. The standard InChI is InChI=1S/C7H5F5N2O.C6H10F2O/c8-6(9)1-2-3(5(6)15)4(14-13-2)7(10,11)12;7-6(8)9-5-3-1-2-4-5/h5,15H,1H2,(H,13,14);5-6H,1-4H2. The highest BCUT2D eigenvalue weighted by molar-refractivity contribution is 5.37. The van der Waals surface area contributed by atoms with Gasteiger partial charge in [0.1, 0.15) is 6.10 Å². The first-order chi connectivity index (χ1) is 11.0. The first-order valence-corrected chi connectivity index (χ1v) is 7.16. The van der Waals surface area contributed by atoms with Gasteiger partial charge >= 0.3 is 12.8 Å². The van der Waals surface area contributed by atoms with Gasteiger partial charge in [0.2, 0.25) is 0 Å². The minimum Gasteiger partial charge on any atom is -0.382 e. The highest BCUT2D eigenvalue weighted by atomic mass is 19.4. The van der Waals surface area contributed by atoms with Crippen molar-refractivity contribution in [1.82, 2.24) is 10.2 Å². The molecule has 0 bridgehead atoms. The lowest BCUT2D eigenvalue weighted by atomic mass is 10.1. The zero-order valence-corrected chi connectivity index (χ0v) is 12.2. The summed E-state index contributed by atoms with van der Waals surface area (Å²) in [4.78, 5) is 0. The number of fused-ring (bicyclic) bond motifs is 1. The summed E-state index contributed by atoms with van der Waals surface area (Å²) >= 11 is 0. The molecule has 1 heterocycles. The second kappa shape index (κ2) is 6.87. The van der Waals surface area contributed by atoms with Crippen molar-refractivity contribution in [2.24, 2.45) is 0 Å². The van der Waals surface area contributed by atoms with E-state index in [9.17, 15) is 30.7 Å². The molecule has 11 heteroatoms. The number of nitrogens with zero attached hydrogens (tertiary/aromatic N) is 1. The molecule has 0 radical (unpaired) electrons. The smallest absolute Gasteiger partial charge is 0.382 e. The van der Waals surface area contributed by atoms with Gasteiger partial charge in [-0.3, -0.25) is 5.10 Å². The summed E-state index contributed by atoms with van der Waals surface area (Å²) in [5.74, 6) is -3.57. The van der Waals surface area contributed by atoms with Gasteiger partial charge in [-0.05, 0) is 12.8 Å². The number of alkyl halides is 7. The third-order valence-electron chi connectivity index (χ3n) is 3.83. The Bertz CT molecular complexity index is 553. The highest BCUT2D eigenvalue weighted by Gasteiger charge is 2.53. The largest absolute Gasteiger partial charge is 0.435 e. The van der Waals surface area contributed by atoms with E-state index < -0.39 is 42.5 Å². The van der Waals surface area contributed by atoms with Crippen molar-refractivity contribution in [2.75, 3.05) is 0 Å². The van der Waals surface area contributed by atoms with Crippen molar-refractivity contribution in [3.05, 3.63) is 17.0 Å². The molecule has 2 N–H and O–H groups in total. The lowest BCUT2D eigenvalue weighted by Gasteiger charge is -2.14. The Hall–Kier alpha value is -1.36. The minimum atomic E-state index is -4.84. The van der Waals surface area contributed by atoms with E-state index in [0.717, 1.165) is 25.7 Å². The lowest BCUT2D eigenvalue weighted by Crippen LogP contribution is -2.24. The fourth-order valence-corrected chi connectivity index (χ4v) is 2.75. The number of aliphatic hydroxyl groups excluding tert-OH is 1. The van der Waals surface area contributed by atoms with E-state index in [0.29, 0.717) is 0 Å². The van der Waals surface area contributed by atoms with Crippen LogP contribution in [0.1, 0.15) is 48.7 Å². The van der Waals surface area contributed by atoms with E-state index in [4.69, 9.17) is 5.11 Å². The van der Waals surface area contributed by atoms with Gasteiger partial charge in [-0.1, -0.05) is 12.8 Å². The van der Waals surface area contributed by atoms with Crippen LogP contribution < -0.4 is 0 Å². The summed E-state index contributed by atoms with van der Waals surface area (Å²) in [6.45, 7) is -2.58. The average molecular weight is 364 g/mol. The predicted octanol–water partition coefficient (Wildman–Crippen LogP) is 3.82. The maximum absolute atomic E-state index is 12.9. The second-order valence-corrected chi connectivity index (χ2v) is 5.61. The Kier molecular flexibility index (Phi) is 5.43. The Morgan fingerprint density at radius 2 is 1.79 bits per heavy atom. The summed E-state index contributed by atoms with van der Waals surface area (Å²) in [6.07, 6.45) is -4.70. The zero-order chi connectivity index (χ0) is 18.1. The number of rotatable bonds is 2. The Balaban J connectivity index is 0.000000198. The van der Waals surface area contributed by atoms with Crippen LogP contribution in [0.2, 0.25) is 0 Å². The molecule has 1 aromatic heterocycles. The van der Waals surface area contributed by atoms with Crippen molar-refractivity contribution in [2.45, 2.75) is 63.0 Å². The number of ether oxygens (including phenoxy) is 1. The molecule has 0 aliphatic heterocycles. The molecule has 0 aromatic carbocycles. The topological polar surface area (TPSA) is 58.1 Å². The van der Waals surface area contributed by atoms with Gasteiger partial charge in [0.25, 0.3) is 5.92 Å². The Morgan fingerprint density at radius 3 is 2.29 bits per heavy atom. The van der Waals surface area contributed by atoms with Gasteiger partial charge in [0.15, 0.2) is 5.69 Å². The molecule has 1 aromatic rings. The van der Waals surface area contributed by atoms with Gasteiger partial charge in [-0.2, -0.15) is 27.1 Å². The van der Waals surface area contributed by atoms with Gasteiger partial charge in [0, 0.05) is 11.3 Å². The van der Waals surface area contributed by atoms with E-state index >= 15 is 0 Å². The molecular weight excluding hydrogens is 349 g/mol. The van der Waals surface area contributed by atoms with Crippen LogP contribution in [0.4, 0.5) is 30.7 Å². The third-order valence-corrected chi connectivity index (χ3v) is 3.83. The van der Waals surface area contributed by atoms with E-state index in [1.807, 2.05) is 5.10 Å². The van der Waals surface area contributed by atoms with Crippen LogP contribution in [0.15, 0.2) is 0 Å². The molecule has 1 atom stereocenters. The second-order valence-electron chi connectivity index (χ2n) is 5.61. The lowest BCUT2D eigenvalue weighted by molar-refractivity contribution is -0.160. The molecule has 24 heavy (non-hydrogen) atoms. The quantitative estimate of drug-likeness (QED) is 0.785. The molecule has 0 spiro atoms. The molecule has 2 aliphatic carbocycles. The number of aliphatic hydroxyl groups is 1. The summed E-state index contributed by atoms with van der Waals surface area (Å²) in [6, 6.07) is 0. The normalized spacial score (nSPS) is 23.3. The molecular formula is C13H15F7N2O2. The number of halogens is 7. The highest BCUT2D eigenvalue weighted by Crippen LogP contribution is 2.47. The Morgan fingerprint density at radius 1 is 1.21 bits per heavy atom. The van der Waals surface area contributed by atoms with Gasteiger partial charge in [0.05, 0.1) is 12.5 Å². The molecule has 2 aliphatic rings. The van der Waals surface area contributed by atoms with Gasteiger partial charge in [-0.15, -0.1) is 0 Å². The fourth-order valence-electron chi connectivity index (χ4n) is 2.75. The van der Waals surface area contributed by atoms with E-state index in [-0.39, 0.29) is 11.8 Å². The molecule has 0 amide bonds. The number of nitrogens with one attached hydrogen (secondary N) is 1. The predicted molar refractivity (Wildman–Crippen MR) is 66.5 cm³/mol. The van der Waals surface area contributed by atoms with Crippen molar-refractivity contribution in [3.8, 4) is 0 Å².